The number of benzene rings is 2. The van der Waals surface area contributed by atoms with E-state index in [0.29, 0.717) is 23.1 Å². The van der Waals surface area contributed by atoms with Crippen molar-refractivity contribution in [2.45, 2.75) is 18.9 Å². The molecular weight excluding hydrogens is 416 g/mol. The summed E-state index contributed by atoms with van der Waals surface area (Å²) < 4.78 is 17.2. The second-order valence-corrected chi connectivity index (χ2v) is 8.09. The zero-order chi connectivity index (χ0) is 21.8. The fourth-order valence-corrected chi connectivity index (χ4v) is 3.96. The molecule has 1 aliphatic rings. The van der Waals surface area contributed by atoms with E-state index >= 15 is 0 Å². The van der Waals surface area contributed by atoms with E-state index < -0.39 is 0 Å². The number of fused-ring (bicyclic) bond motifs is 1. The molecule has 31 heavy (non-hydrogen) atoms. The average Bonchev–Trinajstić information content (AvgIpc) is 2.79. The highest BCUT2D eigenvalue weighted by atomic mass is 35.5. The van der Waals surface area contributed by atoms with Gasteiger partial charge in [0.15, 0.2) is 11.5 Å². The zero-order valence-corrected chi connectivity index (χ0v) is 18.6. The molecule has 0 unspecified atom stereocenters. The van der Waals surface area contributed by atoms with Crippen molar-refractivity contribution in [3.8, 4) is 28.5 Å². The predicted octanol–water partition coefficient (Wildman–Crippen LogP) is 4.41. The third-order valence-electron chi connectivity index (χ3n) is 5.64. The first kappa shape index (κ1) is 21.7. The maximum atomic E-state index is 9.70. The first-order valence-electron chi connectivity index (χ1n) is 10.4. The second kappa shape index (κ2) is 9.73. The summed E-state index contributed by atoms with van der Waals surface area (Å²) in [5, 5.41) is 11.2. The van der Waals surface area contributed by atoms with Crippen LogP contribution in [0.2, 0.25) is 5.02 Å². The molecule has 0 amide bonds. The van der Waals surface area contributed by atoms with Crippen LogP contribution < -0.4 is 14.2 Å². The Hall–Kier alpha value is -2.54. The summed E-state index contributed by atoms with van der Waals surface area (Å²) in [6.07, 6.45) is 1.46. The lowest BCUT2D eigenvalue weighted by atomic mass is 10.1. The number of hydrogen-bond acceptors (Lipinski definition) is 6. The fourth-order valence-electron chi connectivity index (χ4n) is 3.84. The normalized spacial score (nSPS) is 15.2. The number of aromatic nitrogens is 1. The van der Waals surface area contributed by atoms with Gasteiger partial charge in [-0.1, -0.05) is 23.7 Å². The van der Waals surface area contributed by atoms with Gasteiger partial charge >= 0.3 is 0 Å². The van der Waals surface area contributed by atoms with E-state index in [-0.39, 0.29) is 6.10 Å². The number of likely N-dealkylation sites (tertiary alicyclic amines) is 1. The standard InChI is InChI=1S/C24H27ClN2O4/c1-29-23-13-19-21(15-24(23)30-2)26-20(16-3-5-17(25)6-4-16)14-22(19)31-12-11-27-9-7-18(28)8-10-27/h3-6,13-15,18,28H,7-12H2,1-2H3. The minimum Gasteiger partial charge on any atom is -0.493 e. The Bertz CT molecular complexity index is 1030. The molecule has 0 saturated carbocycles. The number of rotatable bonds is 7. The van der Waals surface area contributed by atoms with Crippen LogP contribution in [0.4, 0.5) is 0 Å². The maximum absolute atomic E-state index is 9.70. The van der Waals surface area contributed by atoms with Crippen LogP contribution in [-0.2, 0) is 0 Å². The van der Waals surface area contributed by atoms with Crippen molar-refractivity contribution in [2.75, 3.05) is 40.5 Å². The van der Waals surface area contributed by atoms with E-state index in [2.05, 4.69) is 4.90 Å². The molecule has 2 aromatic carbocycles. The van der Waals surface area contributed by atoms with Crippen molar-refractivity contribution in [3.05, 3.63) is 47.5 Å². The molecule has 164 valence electrons. The molecule has 0 bridgehead atoms. The Morgan fingerprint density at radius 3 is 2.35 bits per heavy atom. The van der Waals surface area contributed by atoms with Gasteiger partial charge in [-0.25, -0.2) is 4.98 Å². The second-order valence-electron chi connectivity index (χ2n) is 7.66. The van der Waals surface area contributed by atoms with Crippen molar-refractivity contribution in [1.29, 1.82) is 0 Å². The Morgan fingerprint density at radius 2 is 1.68 bits per heavy atom. The van der Waals surface area contributed by atoms with Crippen LogP contribution in [0.1, 0.15) is 12.8 Å². The van der Waals surface area contributed by atoms with Gasteiger partial charge in [0.1, 0.15) is 12.4 Å². The molecule has 1 aromatic heterocycles. The van der Waals surface area contributed by atoms with Crippen LogP contribution >= 0.6 is 11.6 Å². The number of hydrogen-bond donors (Lipinski definition) is 1. The summed E-state index contributed by atoms with van der Waals surface area (Å²) >= 11 is 6.05. The highest BCUT2D eigenvalue weighted by Gasteiger charge is 2.18. The number of aliphatic hydroxyl groups excluding tert-OH is 1. The molecule has 0 spiro atoms. The monoisotopic (exact) mass is 442 g/mol. The molecule has 1 aliphatic heterocycles. The van der Waals surface area contributed by atoms with Crippen molar-refractivity contribution in [2.24, 2.45) is 0 Å². The molecule has 2 heterocycles. The van der Waals surface area contributed by atoms with Gasteiger partial charge in [-0.3, -0.25) is 4.90 Å². The van der Waals surface area contributed by atoms with Gasteiger partial charge < -0.3 is 19.3 Å². The highest BCUT2D eigenvalue weighted by Crippen LogP contribution is 2.37. The predicted molar refractivity (Wildman–Crippen MR) is 122 cm³/mol. The van der Waals surface area contributed by atoms with Crippen LogP contribution in [0.25, 0.3) is 22.2 Å². The molecule has 0 atom stereocenters. The molecule has 1 N–H and O–H groups in total. The molecule has 0 aliphatic carbocycles. The van der Waals surface area contributed by atoms with Crippen molar-refractivity contribution >= 4 is 22.5 Å². The van der Waals surface area contributed by atoms with Crippen LogP contribution in [0.15, 0.2) is 42.5 Å². The quantitative estimate of drug-likeness (QED) is 0.584. The van der Waals surface area contributed by atoms with E-state index in [9.17, 15) is 5.11 Å². The van der Waals surface area contributed by atoms with Gasteiger partial charge in [-0.15, -0.1) is 0 Å². The van der Waals surface area contributed by atoms with Gasteiger partial charge in [0.05, 0.1) is 31.5 Å². The minimum absolute atomic E-state index is 0.175. The summed E-state index contributed by atoms with van der Waals surface area (Å²) in [6, 6.07) is 13.3. The first-order valence-corrected chi connectivity index (χ1v) is 10.8. The summed E-state index contributed by atoms with van der Waals surface area (Å²) in [4.78, 5) is 7.15. The van der Waals surface area contributed by atoms with Crippen molar-refractivity contribution < 1.29 is 19.3 Å². The van der Waals surface area contributed by atoms with Crippen molar-refractivity contribution in [3.63, 3.8) is 0 Å². The number of ether oxygens (including phenoxy) is 3. The lowest BCUT2D eigenvalue weighted by molar-refractivity contribution is 0.0756. The molecule has 1 fully saturated rings. The van der Waals surface area contributed by atoms with E-state index in [1.54, 1.807) is 14.2 Å². The van der Waals surface area contributed by atoms with Crippen molar-refractivity contribution in [1.82, 2.24) is 9.88 Å². The van der Waals surface area contributed by atoms with Crippen LogP contribution in [0.3, 0.4) is 0 Å². The van der Waals surface area contributed by atoms with Gasteiger partial charge in [0, 0.05) is 47.7 Å². The average molecular weight is 443 g/mol. The van der Waals surface area contributed by atoms with Gasteiger partial charge in [-0.05, 0) is 31.0 Å². The fraction of sp³-hybridized carbons (Fsp3) is 0.375. The lowest BCUT2D eigenvalue weighted by Gasteiger charge is -2.29. The third kappa shape index (κ3) is 5.03. The highest BCUT2D eigenvalue weighted by molar-refractivity contribution is 6.30. The first-order chi connectivity index (χ1) is 15.1. The van der Waals surface area contributed by atoms with Crippen LogP contribution in [0, 0.1) is 0 Å². The lowest BCUT2D eigenvalue weighted by Crippen LogP contribution is -2.38. The van der Waals surface area contributed by atoms with Gasteiger partial charge in [-0.2, -0.15) is 0 Å². The topological polar surface area (TPSA) is 64.1 Å². The molecule has 3 aromatic rings. The largest absolute Gasteiger partial charge is 0.493 e. The minimum atomic E-state index is -0.175. The Morgan fingerprint density at radius 1 is 1.00 bits per heavy atom. The summed E-state index contributed by atoms with van der Waals surface area (Å²) in [7, 11) is 3.23. The number of aliphatic hydroxyl groups is 1. The molecule has 7 heteroatoms. The summed E-state index contributed by atoms with van der Waals surface area (Å²) in [5.41, 5.74) is 2.52. The van der Waals surface area contributed by atoms with Crippen LogP contribution in [0.5, 0.6) is 17.2 Å². The van der Waals surface area contributed by atoms with E-state index in [4.69, 9.17) is 30.8 Å². The SMILES string of the molecule is COc1cc2nc(-c3ccc(Cl)cc3)cc(OCCN3CCC(O)CC3)c2cc1OC. The van der Waals surface area contributed by atoms with E-state index in [0.717, 1.165) is 60.4 Å². The molecule has 6 nitrogen and oxygen atoms in total. The van der Waals surface area contributed by atoms with E-state index in [1.165, 1.54) is 0 Å². The molecular formula is C24H27ClN2O4. The molecule has 1 saturated heterocycles. The number of nitrogens with zero attached hydrogens (tertiary/aromatic N) is 2. The van der Waals surface area contributed by atoms with Gasteiger partial charge in [0.2, 0.25) is 0 Å². The smallest absolute Gasteiger partial charge is 0.162 e. The summed E-state index contributed by atoms with van der Waals surface area (Å²) in [5.74, 6) is 1.99. The zero-order valence-electron chi connectivity index (χ0n) is 17.8. The third-order valence-corrected chi connectivity index (χ3v) is 5.89. The number of halogens is 1. The Balaban J connectivity index is 1.65. The molecule has 0 radical (unpaired) electrons. The Kier molecular flexibility index (Phi) is 6.80. The number of methoxy groups -OCH3 is 2. The maximum Gasteiger partial charge on any atom is 0.162 e. The summed E-state index contributed by atoms with van der Waals surface area (Å²) in [6.45, 7) is 3.13. The van der Waals surface area contributed by atoms with Crippen LogP contribution in [-0.4, -0.2) is 61.6 Å². The van der Waals surface area contributed by atoms with E-state index in [1.807, 2.05) is 42.5 Å². The number of piperidine rings is 1. The molecule has 4 rings (SSSR count). The van der Waals surface area contributed by atoms with Gasteiger partial charge in [0.25, 0.3) is 0 Å². The number of pyridine rings is 1. The Labute approximate surface area is 187 Å².